The summed E-state index contributed by atoms with van der Waals surface area (Å²) in [5.41, 5.74) is 1.07. The van der Waals surface area contributed by atoms with Gasteiger partial charge in [0.2, 0.25) is 5.91 Å². The highest BCUT2D eigenvalue weighted by atomic mass is 32.1. The molecule has 1 fully saturated rings. The van der Waals surface area contributed by atoms with E-state index in [9.17, 15) is 4.79 Å². The summed E-state index contributed by atoms with van der Waals surface area (Å²) in [6, 6.07) is 6.28. The maximum absolute atomic E-state index is 11.9. The Morgan fingerprint density at radius 1 is 1.50 bits per heavy atom. The SMILES string of the molecule is Cc1cc(N2CCC(NC(=O)/C=C/c3cccs3)CC2)n[nH]1. The van der Waals surface area contributed by atoms with Gasteiger partial charge in [0.05, 0.1) is 0 Å². The molecule has 0 unspecified atom stereocenters. The lowest BCUT2D eigenvalue weighted by Gasteiger charge is -2.32. The van der Waals surface area contributed by atoms with Gasteiger partial charge in [0.1, 0.15) is 0 Å². The highest BCUT2D eigenvalue weighted by Crippen LogP contribution is 2.18. The molecule has 3 heterocycles. The topological polar surface area (TPSA) is 61.0 Å². The van der Waals surface area contributed by atoms with Gasteiger partial charge < -0.3 is 10.2 Å². The van der Waals surface area contributed by atoms with Crippen LogP contribution >= 0.6 is 11.3 Å². The van der Waals surface area contributed by atoms with Crippen LogP contribution in [0.25, 0.3) is 6.08 Å². The number of hydrogen-bond acceptors (Lipinski definition) is 4. The van der Waals surface area contributed by atoms with Gasteiger partial charge in [0.15, 0.2) is 5.82 Å². The number of rotatable bonds is 4. The quantitative estimate of drug-likeness (QED) is 0.852. The van der Waals surface area contributed by atoms with Crippen LogP contribution in [0.3, 0.4) is 0 Å². The van der Waals surface area contributed by atoms with Crippen LogP contribution in [0, 0.1) is 6.92 Å². The molecule has 0 atom stereocenters. The Kier molecular flexibility index (Phi) is 4.58. The molecule has 1 saturated heterocycles. The number of aromatic amines is 1. The molecule has 0 aromatic carbocycles. The van der Waals surface area contributed by atoms with E-state index < -0.39 is 0 Å². The van der Waals surface area contributed by atoms with Gasteiger partial charge in [-0.2, -0.15) is 5.10 Å². The summed E-state index contributed by atoms with van der Waals surface area (Å²) in [5, 5.41) is 12.3. The molecule has 6 heteroatoms. The van der Waals surface area contributed by atoms with E-state index in [0.29, 0.717) is 0 Å². The number of H-pyrrole nitrogens is 1. The molecule has 1 aliphatic heterocycles. The van der Waals surface area contributed by atoms with E-state index in [2.05, 4.69) is 26.5 Å². The van der Waals surface area contributed by atoms with Crippen LogP contribution in [0.15, 0.2) is 29.7 Å². The van der Waals surface area contributed by atoms with Crippen molar-refractivity contribution < 1.29 is 4.79 Å². The number of nitrogens with zero attached hydrogens (tertiary/aromatic N) is 2. The predicted molar refractivity (Wildman–Crippen MR) is 90.1 cm³/mol. The van der Waals surface area contributed by atoms with Crippen molar-refractivity contribution in [2.45, 2.75) is 25.8 Å². The van der Waals surface area contributed by atoms with Crippen molar-refractivity contribution in [1.29, 1.82) is 0 Å². The van der Waals surface area contributed by atoms with E-state index in [1.165, 1.54) is 0 Å². The molecule has 116 valence electrons. The first-order valence-corrected chi connectivity index (χ1v) is 8.38. The zero-order valence-corrected chi connectivity index (χ0v) is 13.4. The minimum Gasteiger partial charge on any atom is -0.355 e. The van der Waals surface area contributed by atoms with E-state index in [1.807, 2.05) is 30.5 Å². The Bertz CT molecular complexity index is 639. The number of nitrogens with one attached hydrogen (secondary N) is 2. The van der Waals surface area contributed by atoms with Crippen molar-refractivity contribution in [3.63, 3.8) is 0 Å². The molecule has 2 N–H and O–H groups in total. The van der Waals surface area contributed by atoms with E-state index >= 15 is 0 Å². The molecule has 5 nitrogen and oxygen atoms in total. The Balaban J connectivity index is 1.46. The first-order chi connectivity index (χ1) is 10.7. The molecular weight excluding hydrogens is 296 g/mol. The van der Waals surface area contributed by atoms with Crippen LogP contribution < -0.4 is 10.2 Å². The number of piperidine rings is 1. The lowest BCUT2D eigenvalue weighted by molar-refractivity contribution is -0.117. The zero-order valence-electron chi connectivity index (χ0n) is 12.6. The molecule has 2 aromatic rings. The Labute approximate surface area is 134 Å². The Morgan fingerprint density at radius 3 is 2.95 bits per heavy atom. The van der Waals surface area contributed by atoms with Crippen LogP contribution in [0.1, 0.15) is 23.4 Å². The monoisotopic (exact) mass is 316 g/mol. The second-order valence-electron chi connectivity index (χ2n) is 5.53. The second kappa shape index (κ2) is 6.79. The third-order valence-corrected chi connectivity index (χ3v) is 4.64. The van der Waals surface area contributed by atoms with Gasteiger partial charge in [0, 0.05) is 41.8 Å². The first kappa shape index (κ1) is 14.8. The highest BCUT2D eigenvalue weighted by molar-refractivity contribution is 7.10. The summed E-state index contributed by atoms with van der Waals surface area (Å²) in [4.78, 5) is 15.3. The summed E-state index contributed by atoms with van der Waals surface area (Å²) < 4.78 is 0. The van der Waals surface area contributed by atoms with Crippen LogP contribution in [0.4, 0.5) is 5.82 Å². The fourth-order valence-corrected chi connectivity index (χ4v) is 3.23. The van der Waals surface area contributed by atoms with Gasteiger partial charge in [0.25, 0.3) is 0 Å². The predicted octanol–water partition coefficient (Wildman–Crippen LogP) is 2.58. The molecule has 1 amide bonds. The molecule has 3 rings (SSSR count). The smallest absolute Gasteiger partial charge is 0.244 e. The van der Waals surface area contributed by atoms with E-state index in [-0.39, 0.29) is 11.9 Å². The average molecular weight is 316 g/mol. The van der Waals surface area contributed by atoms with Gasteiger partial charge in [-0.1, -0.05) is 6.07 Å². The summed E-state index contributed by atoms with van der Waals surface area (Å²) in [6.45, 7) is 3.84. The molecule has 0 bridgehead atoms. The summed E-state index contributed by atoms with van der Waals surface area (Å²) in [6.07, 6.45) is 5.38. The van der Waals surface area contributed by atoms with Crippen molar-refractivity contribution >= 4 is 29.1 Å². The van der Waals surface area contributed by atoms with Gasteiger partial charge >= 0.3 is 0 Å². The maximum atomic E-state index is 11.9. The summed E-state index contributed by atoms with van der Waals surface area (Å²) in [5.74, 6) is 0.988. The number of amides is 1. The fourth-order valence-electron chi connectivity index (χ4n) is 2.61. The lowest BCUT2D eigenvalue weighted by atomic mass is 10.1. The van der Waals surface area contributed by atoms with Crippen molar-refractivity contribution in [2.24, 2.45) is 0 Å². The third kappa shape index (κ3) is 3.76. The normalized spacial score (nSPS) is 16.3. The third-order valence-electron chi connectivity index (χ3n) is 3.80. The number of anilines is 1. The molecule has 2 aromatic heterocycles. The average Bonchev–Trinajstić information content (AvgIpc) is 3.17. The standard InChI is InChI=1S/C16H20N4OS/c1-12-11-15(19-18-12)20-8-6-13(7-9-20)17-16(21)5-4-14-3-2-10-22-14/h2-5,10-11,13H,6-9H2,1H3,(H,17,21)(H,18,19)/b5-4+. The first-order valence-electron chi connectivity index (χ1n) is 7.50. The number of carbonyl (C=O) groups is 1. The fraction of sp³-hybridized carbons (Fsp3) is 0.375. The molecule has 0 aliphatic carbocycles. The molecule has 1 aliphatic rings. The van der Waals surface area contributed by atoms with Crippen molar-refractivity contribution in [1.82, 2.24) is 15.5 Å². The largest absolute Gasteiger partial charge is 0.355 e. The minimum atomic E-state index is -0.0116. The lowest BCUT2D eigenvalue weighted by Crippen LogP contribution is -2.44. The molecular formula is C16H20N4OS. The highest BCUT2D eigenvalue weighted by Gasteiger charge is 2.21. The molecule has 22 heavy (non-hydrogen) atoms. The maximum Gasteiger partial charge on any atom is 0.244 e. The summed E-state index contributed by atoms with van der Waals surface area (Å²) in [7, 11) is 0. The minimum absolute atomic E-state index is 0.0116. The Hall–Kier alpha value is -2.08. The number of aryl methyl sites for hydroxylation is 1. The van der Waals surface area contributed by atoms with Crippen LogP contribution in [0.5, 0.6) is 0 Å². The van der Waals surface area contributed by atoms with Crippen molar-refractivity contribution in [3.8, 4) is 0 Å². The van der Waals surface area contributed by atoms with Crippen LogP contribution in [-0.2, 0) is 4.79 Å². The van der Waals surface area contributed by atoms with E-state index in [0.717, 1.165) is 42.3 Å². The number of carbonyl (C=O) groups excluding carboxylic acids is 1. The van der Waals surface area contributed by atoms with E-state index in [4.69, 9.17) is 0 Å². The molecule has 0 saturated carbocycles. The molecule has 0 radical (unpaired) electrons. The van der Waals surface area contributed by atoms with Crippen molar-refractivity contribution in [2.75, 3.05) is 18.0 Å². The molecule has 0 spiro atoms. The number of hydrogen-bond donors (Lipinski definition) is 2. The van der Waals surface area contributed by atoms with Crippen LogP contribution in [-0.4, -0.2) is 35.2 Å². The van der Waals surface area contributed by atoms with Crippen molar-refractivity contribution in [3.05, 3.63) is 40.2 Å². The van der Waals surface area contributed by atoms with Gasteiger partial charge in [-0.3, -0.25) is 9.89 Å². The number of aromatic nitrogens is 2. The van der Waals surface area contributed by atoms with Gasteiger partial charge in [-0.15, -0.1) is 11.3 Å². The second-order valence-corrected chi connectivity index (χ2v) is 6.51. The van der Waals surface area contributed by atoms with Gasteiger partial charge in [-0.25, -0.2) is 0 Å². The summed E-state index contributed by atoms with van der Waals surface area (Å²) >= 11 is 1.63. The van der Waals surface area contributed by atoms with Gasteiger partial charge in [-0.05, 0) is 37.3 Å². The van der Waals surface area contributed by atoms with Crippen LogP contribution in [0.2, 0.25) is 0 Å². The number of thiophene rings is 1. The Morgan fingerprint density at radius 2 is 2.32 bits per heavy atom. The zero-order chi connectivity index (χ0) is 15.4. The van der Waals surface area contributed by atoms with E-state index in [1.54, 1.807) is 17.4 Å².